The third kappa shape index (κ3) is 2.51. The van der Waals surface area contributed by atoms with Crippen LogP contribution >= 0.6 is 0 Å². The molecule has 0 aromatic heterocycles. The Kier molecular flexibility index (Phi) is 2.78. The van der Waals surface area contributed by atoms with Gasteiger partial charge in [-0.05, 0) is 6.92 Å². The molecule has 3 nitrogen and oxygen atoms in total. The summed E-state index contributed by atoms with van der Waals surface area (Å²) in [6, 6.07) is 0. The second-order valence-corrected chi connectivity index (χ2v) is 4.87. The van der Waals surface area contributed by atoms with Crippen molar-refractivity contribution in [1.82, 2.24) is 0 Å². The van der Waals surface area contributed by atoms with Gasteiger partial charge in [0.05, 0.1) is 6.61 Å². The van der Waals surface area contributed by atoms with Crippen LogP contribution in [0.2, 0.25) is 0 Å². The highest BCUT2D eigenvalue weighted by molar-refractivity contribution is 5.61. The lowest BCUT2D eigenvalue weighted by Crippen LogP contribution is -2.47. The van der Waals surface area contributed by atoms with Crippen molar-refractivity contribution in [1.29, 1.82) is 0 Å². The van der Waals surface area contributed by atoms with Crippen molar-refractivity contribution in [3.8, 4) is 0 Å². The lowest BCUT2D eigenvalue weighted by molar-refractivity contribution is -0.273. The highest BCUT2D eigenvalue weighted by atomic mass is 16.7. The van der Waals surface area contributed by atoms with Gasteiger partial charge in [-0.3, -0.25) is 0 Å². The van der Waals surface area contributed by atoms with Gasteiger partial charge in [-0.2, -0.15) is 0 Å². The fourth-order valence-electron chi connectivity index (χ4n) is 1.22. The van der Waals surface area contributed by atoms with E-state index in [1.165, 1.54) is 0 Å². The van der Waals surface area contributed by atoms with Gasteiger partial charge in [0.1, 0.15) is 5.60 Å². The summed E-state index contributed by atoms with van der Waals surface area (Å²) in [6.07, 6.45) is 1.23. The average Bonchev–Trinajstić information content (AvgIpc) is 2.03. The first-order valence-electron chi connectivity index (χ1n) is 4.63. The zero-order valence-corrected chi connectivity index (χ0v) is 8.79. The van der Waals surface area contributed by atoms with Crippen molar-refractivity contribution >= 4 is 6.29 Å². The standard InChI is InChI=1S/C10H18O3/c1-9(2,3)8-12-6-5-10(4,7-11)13-8/h7-8H,5-6H2,1-4H3/t8-,10-/m0/s1. The van der Waals surface area contributed by atoms with E-state index in [0.717, 1.165) is 6.29 Å². The molecule has 0 radical (unpaired) electrons. The predicted octanol–water partition coefficient (Wildman–Crippen LogP) is 1.75. The second-order valence-electron chi connectivity index (χ2n) is 4.87. The Bertz CT molecular complexity index is 195. The fraction of sp³-hybridized carbons (Fsp3) is 0.900. The molecule has 1 aliphatic heterocycles. The van der Waals surface area contributed by atoms with Gasteiger partial charge in [-0.1, -0.05) is 20.8 Å². The molecule has 0 N–H and O–H groups in total. The first-order valence-corrected chi connectivity index (χ1v) is 4.63. The van der Waals surface area contributed by atoms with E-state index < -0.39 is 5.60 Å². The Labute approximate surface area is 79.4 Å². The molecule has 1 fully saturated rings. The van der Waals surface area contributed by atoms with E-state index >= 15 is 0 Å². The topological polar surface area (TPSA) is 35.5 Å². The van der Waals surface area contributed by atoms with E-state index in [4.69, 9.17) is 9.47 Å². The van der Waals surface area contributed by atoms with E-state index in [-0.39, 0.29) is 11.7 Å². The highest BCUT2D eigenvalue weighted by Crippen LogP contribution is 2.31. The number of aldehydes is 1. The summed E-state index contributed by atoms with van der Waals surface area (Å²) in [7, 11) is 0. The van der Waals surface area contributed by atoms with Gasteiger partial charge >= 0.3 is 0 Å². The van der Waals surface area contributed by atoms with Gasteiger partial charge < -0.3 is 14.3 Å². The number of ether oxygens (including phenoxy) is 2. The zero-order chi connectivity index (χ0) is 10.1. The lowest BCUT2D eigenvalue weighted by Gasteiger charge is -2.40. The molecule has 0 unspecified atom stereocenters. The molecule has 1 rings (SSSR count). The van der Waals surface area contributed by atoms with Crippen molar-refractivity contribution in [2.75, 3.05) is 6.61 Å². The lowest BCUT2D eigenvalue weighted by atomic mass is 9.93. The molecule has 0 aliphatic carbocycles. The monoisotopic (exact) mass is 186 g/mol. The van der Waals surface area contributed by atoms with E-state index in [1.807, 2.05) is 20.8 Å². The minimum Gasteiger partial charge on any atom is -0.352 e. The van der Waals surface area contributed by atoms with Gasteiger partial charge in [-0.15, -0.1) is 0 Å². The first-order chi connectivity index (χ1) is 5.87. The maximum atomic E-state index is 10.8. The molecule has 0 aromatic carbocycles. The normalized spacial score (nSPS) is 35.8. The number of carbonyl (C=O) groups excluding carboxylic acids is 1. The largest absolute Gasteiger partial charge is 0.352 e. The van der Waals surface area contributed by atoms with Crippen LogP contribution < -0.4 is 0 Å². The Morgan fingerprint density at radius 3 is 2.54 bits per heavy atom. The van der Waals surface area contributed by atoms with Crippen LogP contribution in [0, 0.1) is 5.41 Å². The Hall–Kier alpha value is -0.410. The SMILES string of the molecule is CC(C)(C)[C@H]1OCC[C@@](C)(C=O)O1. The summed E-state index contributed by atoms with van der Waals surface area (Å²) < 4.78 is 11.1. The first kappa shape index (κ1) is 10.7. The maximum absolute atomic E-state index is 10.8. The molecule has 0 amide bonds. The molecule has 1 saturated heterocycles. The van der Waals surface area contributed by atoms with Crippen molar-refractivity contribution < 1.29 is 14.3 Å². The zero-order valence-electron chi connectivity index (χ0n) is 8.79. The summed E-state index contributed by atoms with van der Waals surface area (Å²) in [5.41, 5.74) is -0.735. The van der Waals surface area contributed by atoms with Gasteiger partial charge in [0.2, 0.25) is 0 Å². The highest BCUT2D eigenvalue weighted by Gasteiger charge is 2.38. The molecule has 0 bridgehead atoms. The van der Waals surface area contributed by atoms with Gasteiger partial charge in [0.25, 0.3) is 0 Å². The van der Waals surface area contributed by atoms with E-state index in [2.05, 4.69) is 0 Å². The number of rotatable bonds is 1. The molecule has 1 heterocycles. The molecule has 76 valence electrons. The number of hydrogen-bond acceptors (Lipinski definition) is 3. The number of hydrogen-bond donors (Lipinski definition) is 0. The van der Waals surface area contributed by atoms with Crippen LogP contribution in [0.15, 0.2) is 0 Å². The third-order valence-corrected chi connectivity index (χ3v) is 2.20. The van der Waals surface area contributed by atoms with Crippen molar-refractivity contribution in [3.63, 3.8) is 0 Å². The van der Waals surface area contributed by atoms with Gasteiger partial charge in [0.15, 0.2) is 12.6 Å². The van der Waals surface area contributed by atoms with E-state index in [0.29, 0.717) is 13.0 Å². The summed E-state index contributed by atoms with van der Waals surface area (Å²) in [4.78, 5) is 10.8. The molecular formula is C10H18O3. The third-order valence-electron chi connectivity index (χ3n) is 2.20. The molecule has 1 aliphatic rings. The molecule has 2 atom stereocenters. The van der Waals surface area contributed by atoms with Crippen LogP contribution in [0.1, 0.15) is 34.1 Å². The van der Waals surface area contributed by atoms with Crippen LogP contribution in [0.3, 0.4) is 0 Å². The van der Waals surface area contributed by atoms with Gasteiger partial charge in [0, 0.05) is 11.8 Å². The molecule has 0 saturated carbocycles. The van der Waals surface area contributed by atoms with Crippen molar-refractivity contribution in [2.45, 2.75) is 46.0 Å². The molecule has 0 spiro atoms. The molecule has 3 heteroatoms. The molecular weight excluding hydrogens is 168 g/mol. The van der Waals surface area contributed by atoms with Crippen LogP contribution in [0.25, 0.3) is 0 Å². The molecule has 13 heavy (non-hydrogen) atoms. The Balaban J connectivity index is 2.67. The smallest absolute Gasteiger partial charge is 0.163 e. The van der Waals surface area contributed by atoms with Crippen LogP contribution in [-0.2, 0) is 14.3 Å². The van der Waals surface area contributed by atoms with Crippen LogP contribution in [0.5, 0.6) is 0 Å². The average molecular weight is 186 g/mol. The molecule has 0 aromatic rings. The number of carbonyl (C=O) groups is 1. The van der Waals surface area contributed by atoms with Crippen molar-refractivity contribution in [2.24, 2.45) is 5.41 Å². The van der Waals surface area contributed by atoms with Crippen LogP contribution in [0.4, 0.5) is 0 Å². The fourth-order valence-corrected chi connectivity index (χ4v) is 1.22. The van der Waals surface area contributed by atoms with E-state index in [9.17, 15) is 4.79 Å². The second kappa shape index (κ2) is 3.39. The summed E-state index contributed by atoms with van der Waals surface area (Å²) in [5.74, 6) is 0. The van der Waals surface area contributed by atoms with Crippen LogP contribution in [-0.4, -0.2) is 24.8 Å². The minimum atomic E-state index is -0.657. The Morgan fingerprint density at radius 1 is 1.46 bits per heavy atom. The Morgan fingerprint density at radius 2 is 2.08 bits per heavy atom. The van der Waals surface area contributed by atoms with Gasteiger partial charge in [-0.25, -0.2) is 0 Å². The summed E-state index contributed by atoms with van der Waals surface area (Å²) >= 11 is 0. The predicted molar refractivity (Wildman–Crippen MR) is 49.4 cm³/mol. The minimum absolute atomic E-state index is 0.0787. The van der Waals surface area contributed by atoms with E-state index in [1.54, 1.807) is 6.92 Å². The summed E-state index contributed by atoms with van der Waals surface area (Å²) in [5, 5.41) is 0. The van der Waals surface area contributed by atoms with Crippen molar-refractivity contribution in [3.05, 3.63) is 0 Å². The quantitative estimate of drug-likeness (QED) is 0.585. The maximum Gasteiger partial charge on any atom is 0.163 e. The summed E-state index contributed by atoms with van der Waals surface area (Å²) in [6.45, 7) is 8.51.